The molecule has 2 heterocycles. The van der Waals surface area contributed by atoms with E-state index in [9.17, 15) is 4.79 Å². The summed E-state index contributed by atoms with van der Waals surface area (Å²) in [6.07, 6.45) is 0. The number of methoxy groups -OCH3 is 1. The molecule has 2 aromatic heterocycles. The molecule has 0 saturated heterocycles. The van der Waals surface area contributed by atoms with E-state index in [2.05, 4.69) is 35.3 Å². The van der Waals surface area contributed by atoms with Gasteiger partial charge in [0.05, 0.1) is 24.6 Å². The first-order valence-corrected chi connectivity index (χ1v) is 11.3. The molecule has 0 amide bonds. The van der Waals surface area contributed by atoms with Gasteiger partial charge in [-0.2, -0.15) is 0 Å². The van der Waals surface area contributed by atoms with Crippen LogP contribution in [0.4, 0.5) is 0 Å². The van der Waals surface area contributed by atoms with Crippen LogP contribution in [0.1, 0.15) is 16.7 Å². The van der Waals surface area contributed by atoms with Gasteiger partial charge >= 0.3 is 0 Å². The fourth-order valence-electron chi connectivity index (χ4n) is 3.76. The summed E-state index contributed by atoms with van der Waals surface area (Å²) in [5.74, 6) is 2.08. The van der Waals surface area contributed by atoms with Crippen LogP contribution in [-0.4, -0.2) is 26.3 Å². The minimum Gasteiger partial charge on any atom is -0.497 e. The number of ether oxygens (including phenoxy) is 1. The molecule has 5 rings (SSSR count). The van der Waals surface area contributed by atoms with Crippen LogP contribution in [-0.2, 0) is 12.3 Å². The third-order valence-electron chi connectivity index (χ3n) is 5.44. The summed E-state index contributed by atoms with van der Waals surface area (Å²) in [5, 5.41) is 10.3. The van der Waals surface area contributed by atoms with Crippen LogP contribution >= 0.6 is 11.8 Å². The largest absolute Gasteiger partial charge is 0.497 e. The topological polar surface area (TPSA) is 61.4 Å². The second-order valence-electron chi connectivity index (χ2n) is 7.65. The van der Waals surface area contributed by atoms with E-state index in [4.69, 9.17) is 4.74 Å². The molecule has 0 unspecified atom stereocenters. The van der Waals surface area contributed by atoms with E-state index < -0.39 is 0 Å². The highest BCUT2D eigenvalue weighted by Gasteiger charge is 2.17. The Hall–Kier alpha value is -3.58. The molecule has 0 radical (unpaired) electrons. The monoisotopic (exact) mass is 442 g/mol. The summed E-state index contributed by atoms with van der Waals surface area (Å²) < 4.78 is 9.02. The molecule has 0 atom stereocenters. The standard InChI is InChI=1S/C25H22N4O2S/c1-17-10-12-18(13-11-17)15-28-23(30)21-8-3-4-9-22(21)29-24(28)26-27-25(29)32-16-19-6-5-7-20(14-19)31-2/h3-14H,15-16H2,1-2H3. The normalized spacial score (nSPS) is 11.3. The van der Waals surface area contributed by atoms with Crippen molar-refractivity contribution in [2.75, 3.05) is 7.11 Å². The molecule has 0 aliphatic rings. The number of thioether (sulfide) groups is 1. The van der Waals surface area contributed by atoms with Crippen molar-refractivity contribution in [1.82, 2.24) is 19.2 Å². The summed E-state index contributed by atoms with van der Waals surface area (Å²) in [4.78, 5) is 13.3. The number of fused-ring (bicyclic) bond motifs is 3. The zero-order valence-electron chi connectivity index (χ0n) is 17.9. The van der Waals surface area contributed by atoms with E-state index in [0.29, 0.717) is 23.5 Å². The van der Waals surface area contributed by atoms with Crippen LogP contribution in [0.15, 0.2) is 82.7 Å². The van der Waals surface area contributed by atoms with Crippen molar-refractivity contribution in [2.24, 2.45) is 0 Å². The van der Waals surface area contributed by atoms with Gasteiger partial charge in [0.2, 0.25) is 5.78 Å². The lowest BCUT2D eigenvalue weighted by atomic mass is 10.1. The van der Waals surface area contributed by atoms with Crippen LogP contribution in [0.2, 0.25) is 0 Å². The van der Waals surface area contributed by atoms with Gasteiger partial charge in [-0.3, -0.25) is 13.8 Å². The molecule has 5 aromatic rings. The lowest BCUT2D eigenvalue weighted by molar-refractivity contribution is 0.414. The van der Waals surface area contributed by atoms with Crippen molar-refractivity contribution in [2.45, 2.75) is 24.4 Å². The van der Waals surface area contributed by atoms with Gasteiger partial charge < -0.3 is 4.74 Å². The molecule has 160 valence electrons. The zero-order chi connectivity index (χ0) is 22.1. The van der Waals surface area contributed by atoms with Gasteiger partial charge in [-0.15, -0.1) is 10.2 Å². The molecular weight excluding hydrogens is 420 g/mol. The van der Waals surface area contributed by atoms with Gasteiger partial charge in [0.1, 0.15) is 5.75 Å². The van der Waals surface area contributed by atoms with Crippen molar-refractivity contribution in [3.8, 4) is 5.75 Å². The van der Waals surface area contributed by atoms with Crippen molar-refractivity contribution in [3.05, 3.63) is 99.8 Å². The fourth-order valence-corrected chi connectivity index (χ4v) is 4.64. The van der Waals surface area contributed by atoms with E-state index in [-0.39, 0.29) is 5.56 Å². The fraction of sp³-hybridized carbons (Fsp3) is 0.160. The molecule has 0 fully saturated rings. The minimum absolute atomic E-state index is 0.0644. The average Bonchev–Trinajstić information content (AvgIpc) is 3.26. The maximum absolute atomic E-state index is 13.3. The Bertz CT molecular complexity index is 1470. The number of nitrogens with zero attached hydrogens (tertiary/aromatic N) is 4. The number of benzene rings is 3. The number of para-hydroxylation sites is 1. The Kier molecular flexibility index (Phi) is 5.41. The van der Waals surface area contributed by atoms with E-state index in [1.807, 2.05) is 59.0 Å². The number of hydrogen-bond acceptors (Lipinski definition) is 5. The molecule has 3 aromatic carbocycles. The van der Waals surface area contributed by atoms with Gasteiger partial charge in [0.15, 0.2) is 5.16 Å². The maximum atomic E-state index is 13.3. The zero-order valence-corrected chi connectivity index (χ0v) is 18.7. The molecule has 0 bridgehead atoms. The Morgan fingerprint density at radius 2 is 1.75 bits per heavy atom. The molecule has 0 aliphatic heterocycles. The average molecular weight is 443 g/mol. The third-order valence-corrected chi connectivity index (χ3v) is 6.44. The van der Waals surface area contributed by atoms with Gasteiger partial charge in [0.25, 0.3) is 5.56 Å². The molecule has 32 heavy (non-hydrogen) atoms. The van der Waals surface area contributed by atoms with Crippen LogP contribution in [0.5, 0.6) is 5.75 Å². The van der Waals surface area contributed by atoms with Gasteiger partial charge in [-0.1, -0.05) is 65.9 Å². The van der Waals surface area contributed by atoms with Crippen LogP contribution in [0.25, 0.3) is 16.7 Å². The first-order valence-electron chi connectivity index (χ1n) is 10.3. The van der Waals surface area contributed by atoms with Gasteiger partial charge in [0, 0.05) is 5.75 Å². The van der Waals surface area contributed by atoms with Crippen molar-refractivity contribution in [3.63, 3.8) is 0 Å². The molecule has 0 saturated carbocycles. The predicted octanol–water partition coefficient (Wildman–Crippen LogP) is 4.70. The second kappa shape index (κ2) is 8.51. The predicted molar refractivity (Wildman–Crippen MR) is 128 cm³/mol. The Labute approximate surface area is 189 Å². The maximum Gasteiger partial charge on any atom is 0.263 e. The molecule has 0 N–H and O–H groups in total. The van der Waals surface area contributed by atoms with E-state index in [0.717, 1.165) is 27.5 Å². The van der Waals surface area contributed by atoms with Gasteiger partial charge in [-0.25, -0.2) is 0 Å². The summed E-state index contributed by atoms with van der Waals surface area (Å²) in [7, 11) is 1.66. The molecule has 7 heteroatoms. The first kappa shape index (κ1) is 20.3. The smallest absolute Gasteiger partial charge is 0.263 e. The summed E-state index contributed by atoms with van der Waals surface area (Å²) in [5.41, 5.74) is 4.10. The number of rotatable bonds is 6. The molecule has 0 aliphatic carbocycles. The number of hydrogen-bond donors (Lipinski definition) is 0. The lowest BCUT2D eigenvalue weighted by Gasteiger charge is -2.11. The van der Waals surface area contributed by atoms with Crippen LogP contribution in [0.3, 0.4) is 0 Å². The first-order chi connectivity index (χ1) is 15.6. The van der Waals surface area contributed by atoms with E-state index in [1.54, 1.807) is 23.4 Å². The molecular formula is C25H22N4O2S. The Morgan fingerprint density at radius 3 is 2.56 bits per heavy atom. The molecule has 6 nitrogen and oxygen atoms in total. The quantitative estimate of drug-likeness (QED) is 0.357. The highest BCUT2D eigenvalue weighted by atomic mass is 32.2. The number of aryl methyl sites for hydroxylation is 1. The minimum atomic E-state index is -0.0644. The summed E-state index contributed by atoms with van der Waals surface area (Å²) in [6, 6.07) is 23.8. The van der Waals surface area contributed by atoms with Crippen molar-refractivity contribution >= 4 is 28.4 Å². The van der Waals surface area contributed by atoms with E-state index >= 15 is 0 Å². The third kappa shape index (κ3) is 3.76. The summed E-state index contributed by atoms with van der Waals surface area (Å²) in [6.45, 7) is 2.49. The van der Waals surface area contributed by atoms with Crippen LogP contribution in [0, 0.1) is 6.92 Å². The Balaban J connectivity index is 1.60. The highest BCUT2D eigenvalue weighted by Crippen LogP contribution is 2.26. The number of aromatic nitrogens is 4. The highest BCUT2D eigenvalue weighted by molar-refractivity contribution is 7.98. The SMILES string of the molecule is COc1cccc(CSc2nnc3n(Cc4ccc(C)cc4)c(=O)c4ccccc4n23)c1. The van der Waals surface area contributed by atoms with Crippen LogP contribution < -0.4 is 10.3 Å². The summed E-state index contributed by atoms with van der Waals surface area (Å²) >= 11 is 1.58. The van der Waals surface area contributed by atoms with Gasteiger partial charge in [-0.05, 0) is 42.3 Å². The second-order valence-corrected chi connectivity index (χ2v) is 8.59. The van der Waals surface area contributed by atoms with Crippen molar-refractivity contribution in [1.29, 1.82) is 0 Å². The van der Waals surface area contributed by atoms with Crippen molar-refractivity contribution < 1.29 is 4.74 Å². The lowest BCUT2D eigenvalue weighted by Crippen LogP contribution is -2.24. The van der Waals surface area contributed by atoms with E-state index in [1.165, 1.54) is 5.56 Å². The Morgan fingerprint density at radius 1 is 0.938 bits per heavy atom. The molecule has 0 spiro atoms.